The van der Waals surface area contributed by atoms with Gasteiger partial charge in [0.25, 0.3) is 0 Å². The van der Waals surface area contributed by atoms with Gasteiger partial charge in [-0.1, -0.05) is 0 Å². The first-order chi connectivity index (χ1) is 7.58. The smallest absolute Gasteiger partial charge is 0.328 e. The first kappa shape index (κ1) is 10.7. The second-order valence-corrected chi connectivity index (χ2v) is 3.92. The van der Waals surface area contributed by atoms with Crippen LogP contribution in [0, 0.1) is 6.92 Å². The van der Waals surface area contributed by atoms with Gasteiger partial charge < -0.3 is 4.42 Å². The average Bonchev–Trinajstić information content (AvgIpc) is 2.76. The highest BCUT2D eigenvalue weighted by Gasteiger charge is 2.09. The Labute approximate surface area is 92.5 Å². The molecule has 86 valence electrons. The first-order valence-electron chi connectivity index (χ1n) is 5.14. The summed E-state index contributed by atoms with van der Waals surface area (Å²) in [5, 5.41) is 7.57. The van der Waals surface area contributed by atoms with Gasteiger partial charge in [0.15, 0.2) is 0 Å². The summed E-state index contributed by atoms with van der Waals surface area (Å²) in [5.41, 5.74) is -0.0640. The maximum atomic E-state index is 11.9. The van der Waals surface area contributed by atoms with Gasteiger partial charge in [0.05, 0.1) is 0 Å². The third-order valence-corrected chi connectivity index (χ3v) is 2.30. The topological polar surface area (TPSA) is 65.8 Å². The summed E-state index contributed by atoms with van der Waals surface area (Å²) in [6.45, 7) is 5.96. The van der Waals surface area contributed by atoms with Crippen molar-refractivity contribution in [2.24, 2.45) is 0 Å². The van der Waals surface area contributed by atoms with Gasteiger partial charge in [0.1, 0.15) is 6.54 Å². The summed E-state index contributed by atoms with van der Waals surface area (Å²) in [4.78, 5) is 11.9. The molecule has 6 heteroatoms. The van der Waals surface area contributed by atoms with Gasteiger partial charge in [-0.25, -0.2) is 4.79 Å². The SMILES string of the molecule is Cc1nnc(Cn2ccn(C(C)C)c2=O)o1. The lowest BCUT2D eigenvalue weighted by Gasteiger charge is -2.03. The number of aryl methyl sites for hydroxylation is 1. The quantitative estimate of drug-likeness (QED) is 0.776. The van der Waals surface area contributed by atoms with E-state index in [2.05, 4.69) is 10.2 Å². The molecule has 0 saturated carbocycles. The number of rotatable bonds is 3. The van der Waals surface area contributed by atoms with Crippen LogP contribution < -0.4 is 5.69 Å². The Morgan fingerprint density at radius 3 is 2.62 bits per heavy atom. The Bertz CT molecular complexity index is 535. The number of nitrogens with zero attached hydrogens (tertiary/aromatic N) is 4. The minimum Gasteiger partial charge on any atom is -0.424 e. The average molecular weight is 222 g/mol. The molecule has 2 aromatic rings. The van der Waals surface area contributed by atoms with E-state index in [0.717, 1.165) is 0 Å². The minimum absolute atomic E-state index is 0.0640. The Kier molecular flexibility index (Phi) is 2.64. The number of hydrogen-bond acceptors (Lipinski definition) is 4. The van der Waals surface area contributed by atoms with Gasteiger partial charge in [-0.05, 0) is 13.8 Å². The molecule has 0 aliphatic carbocycles. The lowest BCUT2D eigenvalue weighted by atomic mass is 10.4. The van der Waals surface area contributed by atoms with Crippen molar-refractivity contribution < 1.29 is 4.42 Å². The van der Waals surface area contributed by atoms with Crippen LogP contribution in [0.2, 0.25) is 0 Å². The molecule has 0 bridgehead atoms. The standard InChI is InChI=1S/C10H14N4O2/c1-7(2)14-5-4-13(10(14)15)6-9-12-11-8(3)16-9/h4-5,7H,6H2,1-3H3. The molecule has 0 aromatic carbocycles. The van der Waals surface area contributed by atoms with Gasteiger partial charge >= 0.3 is 5.69 Å². The van der Waals surface area contributed by atoms with Crippen molar-refractivity contribution in [3.8, 4) is 0 Å². The predicted octanol–water partition coefficient (Wildman–Crippen LogP) is 0.970. The molecule has 0 saturated heterocycles. The van der Waals surface area contributed by atoms with Gasteiger partial charge in [0.2, 0.25) is 11.8 Å². The Balaban J connectivity index is 2.26. The van der Waals surface area contributed by atoms with E-state index in [-0.39, 0.29) is 11.7 Å². The molecule has 0 fully saturated rings. The summed E-state index contributed by atoms with van der Waals surface area (Å²) < 4.78 is 8.43. The number of hydrogen-bond donors (Lipinski definition) is 0. The summed E-state index contributed by atoms with van der Waals surface area (Å²) >= 11 is 0. The highest BCUT2D eigenvalue weighted by atomic mass is 16.4. The molecule has 0 unspecified atom stereocenters. The highest BCUT2D eigenvalue weighted by Crippen LogP contribution is 2.02. The van der Waals surface area contributed by atoms with Crippen molar-refractivity contribution in [3.05, 3.63) is 34.7 Å². The van der Waals surface area contributed by atoms with Crippen LogP contribution in [-0.2, 0) is 6.54 Å². The van der Waals surface area contributed by atoms with E-state index >= 15 is 0 Å². The van der Waals surface area contributed by atoms with E-state index in [9.17, 15) is 4.79 Å². The molecule has 0 amide bonds. The molecule has 2 aromatic heterocycles. The van der Waals surface area contributed by atoms with Crippen LogP contribution in [0.25, 0.3) is 0 Å². The largest absolute Gasteiger partial charge is 0.424 e. The van der Waals surface area contributed by atoms with Crippen LogP contribution >= 0.6 is 0 Å². The molecule has 2 rings (SSSR count). The third-order valence-electron chi connectivity index (χ3n) is 2.30. The normalized spacial score (nSPS) is 11.2. The zero-order valence-corrected chi connectivity index (χ0v) is 9.54. The highest BCUT2D eigenvalue weighted by molar-refractivity contribution is 4.88. The summed E-state index contributed by atoms with van der Waals surface area (Å²) in [6, 6.07) is 0.151. The molecular formula is C10H14N4O2. The van der Waals surface area contributed by atoms with Gasteiger partial charge in [-0.15, -0.1) is 10.2 Å². The van der Waals surface area contributed by atoms with E-state index in [1.165, 1.54) is 0 Å². The van der Waals surface area contributed by atoms with Crippen molar-refractivity contribution in [2.45, 2.75) is 33.4 Å². The van der Waals surface area contributed by atoms with Crippen LogP contribution in [0.1, 0.15) is 31.7 Å². The van der Waals surface area contributed by atoms with Crippen LogP contribution in [0.15, 0.2) is 21.6 Å². The second kappa shape index (κ2) is 3.96. The molecule has 6 nitrogen and oxygen atoms in total. The first-order valence-corrected chi connectivity index (χ1v) is 5.14. The summed E-state index contributed by atoms with van der Waals surface area (Å²) in [5.74, 6) is 0.951. The van der Waals surface area contributed by atoms with Gasteiger partial charge in [-0.3, -0.25) is 9.13 Å². The van der Waals surface area contributed by atoms with Crippen LogP contribution in [-0.4, -0.2) is 19.3 Å². The Morgan fingerprint density at radius 1 is 1.38 bits per heavy atom. The molecule has 0 N–H and O–H groups in total. The van der Waals surface area contributed by atoms with E-state index in [4.69, 9.17) is 4.42 Å². The van der Waals surface area contributed by atoms with E-state index < -0.39 is 0 Å². The molecule has 0 spiro atoms. The third kappa shape index (κ3) is 1.91. The molecule has 0 atom stereocenters. The molecular weight excluding hydrogens is 208 g/mol. The van der Waals surface area contributed by atoms with Gasteiger partial charge in [0, 0.05) is 25.4 Å². The van der Waals surface area contributed by atoms with Crippen molar-refractivity contribution in [1.29, 1.82) is 0 Å². The second-order valence-electron chi connectivity index (χ2n) is 3.92. The fraction of sp³-hybridized carbons (Fsp3) is 0.500. The Hall–Kier alpha value is -1.85. The van der Waals surface area contributed by atoms with Crippen molar-refractivity contribution in [2.75, 3.05) is 0 Å². The molecule has 0 aliphatic rings. The van der Waals surface area contributed by atoms with Gasteiger partial charge in [-0.2, -0.15) is 0 Å². The zero-order chi connectivity index (χ0) is 11.7. The van der Waals surface area contributed by atoms with E-state index in [0.29, 0.717) is 18.3 Å². The monoisotopic (exact) mass is 222 g/mol. The fourth-order valence-electron chi connectivity index (χ4n) is 1.49. The molecule has 0 aliphatic heterocycles. The molecule has 0 radical (unpaired) electrons. The molecule has 16 heavy (non-hydrogen) atoms. The minimum atomic E-state index is -0.0640. The van der Waals surface area contributed by atoms with Crippen molar-refractivity contribution in [3.63, 3.8) is 0 Å². The number of imidazole rings is 1. The summed E-state index contributed by atoms with van der Waals surface area (Å²) in [7, 11) is 0. The van der Waals surface area contributed by atoms with Crippen molar-refractivity contribution >= 4 is 0 Å². The predicted molar refractivity (Wildman–Crippen MR) is 57.2 cm³/mol. The van der Waals surface area contributed by atoms with E-state index in [1.807, 2.05) is 13.8 Å². The van der Waals surface area contributed by atoms with Crippen LogP contribution in [0.5, 0.6) is 0 Å². The maximum Gasteiger partial charge on any atom is 0.328 e. The van der Waals surface area contributed by atoms with E-state index in [1.54, 1.807) is 28.5 Å². The lowest BCUT2D eigenvalue weighted by molar-refractivity contribution is 0.448. The molecule has 2 heterocycles. The van der Waals surface area contributed by atoms with Crippen LogP contribution in [0.3, 0.4) is 0 Å². The zero-order valence-electron chi connectivity index (χ0n) is 9.54. The summed E-state index contributed by atoms with van der Waals surface area (Å²) in [6.07, 6.45) is 3.48. The maximum absolute atomic E-state index is 11.9. The lowest BCUT2D eigenvalue weighted by Crippen LogP contribution is -2.25. The van der Waals surface area contributed by atoms with Crippen molar-refractivity contribution in [1.82, 2.24) is 19.3 Å². The number of aromatic nitrogens is 4. The van der Waals surface area contributed by atoms with Crippen LogP contribution in [0.4, 0.5) is 0 Å². The Morgan fingerprint density at radius 2 is 2.12 bits per heavy atom. The fourth-order valence-corrected chi connectivity index (χ4v) is 1.49.